The van der Waals surface area contributed by atoms with Gasteiger partial charge < -0.3 is 14.4 Å². The highest BCUT2D eigenvalue weighted by Crippen LogP contribution is 2.32. The smallest absolute Gasteiger partial charge is 0.247 e. The Kier molecular flexibility index (Phi) is 5.38. The van der Waals surface area contributed by atoms with Crippen molar-refractivity contribution < 1.29 is 14.3 Å². The maximum absolute atomic E-state index is 12.9. The number of carbonyl (C=O) groups excluding carboxylic acids is 1. The minimum Gasteiger partial charge on any atom is -0.454 e. The van der Waals surface area contributed by atoms with Crippen molar-refractivity contribution >= 4 is 12.0 Å². The number of nitrogens with zero attached hydrogens (tertiary/aromatic N) is 1. The summed E-state index contributed by atoms with van der Waals surface area (Å²) in [5, 5.41) is 0. The van der Waals surface area contributed by atoms with Crippen LogP contribution in [-0.4, -0.2) is 17.6 Å². The molecule has 4 heteroatoms. The fourth-order valence-corrected chi connectivity index (χ4v) is 3.11. The molecule has 0 spiro atoms. The molecule has 0 aromatic heterocycles. The molecule has 0 bridgehead atoms. The van der Waals surface area contributed by atoms with E-state index in [0.717, 1.165) is 22.4 Å². The highest BCUT2D eigenvalue weighted by molar-refractivity contribution is 5.91. The molecule has 0 saturated carbocycles. The Balaban J connectivity index is 1.51. The van der Waals surface area contributed by atoms with Gasteiger partial charge in [0.25, 0.3) is 0 Å². The number of ether oxygens (including phenoxy) is 2. The first-order valence-electron chi connectivity index (χ1n) is 9.22. The van der Waals surface area contributed by atoms with E-state index >= 15 is 0 Å². The molecule has 3 aromatic carbocycles. The molecule has 4 rings (SSSR count). The number of carbonyl (C=O) groups is 1. The first-order chi connectivity index (χ1) is 13.8. The van der Waals surface area contributed by atoms with Crippen LogP contribution < -0.4 is 9.47 Å². The predicted molar refractivity (Wildman–Crippen MR) is 109 cm³/mol. The van der Waals surface area contributed by atoms with Gasteiger partial charge in [-0.15, -0.1) is 0 Å². The van der Waals surface area contributed by atoms with Gasteiger partial charge in [0.15, 0.2) is 11.5 Å². The van der Waals surface area contributed by atoms with Crippen LogP contribution in [-0.2, 0) is 17.9 Å². The number of benzene rings is 3. The van der Waals surface area contributed by atoms with Gasteiger partial charge >= 0.3 is 0 Å². The van der Waals surface area contributed by atoms with Crippen LogP contribution in [0.4, 0.5) is 0 Å². The quantitative estimate of drug-likeness (QED) is 0.592. The second-order valence-electron chi connectivity index (χ2n) is 6.61. The van der Waals surface area contributed by atoms with Crippen LogP contribution in [0.1, 0.15) is 16.7 Å². The molecule has 0 N–H and O–H groups in total. The molecule has 28 heavy (non-hydrogen) atoms. The molecule has 0 unspecified atom stereocenters. The number of hydrogen-bond donors (Lipinski definition) is 0. The third-order valence-corrected chi connectivity index (χ3v) is 4.56. The highest BCUT2D eigenvalue weighted by atomic mass is 16.7. The van der Waals surface area contributed by atoms with Crippen LogP contribution in [0.5, 0.6) is 11.5 Å². The van der Waals surface area contributed by atoms with E-state index in [1.54, 1.807) is 6.08 Å². The third-order valence-electron chi connectivity index (χ3n) is 4.56. The zero-order valence-corrected chi connectivity index (χ0v) is 15.5. The SMILES string of the molecule is O=C(C=Cc1ccc2c(c1)OCO2)N(Cc1ccccc1)Cc1ccccc1. The molecule has 1 aliphatic heterocycles. The van der Waals surface area contributed by atoms with E-state index in [2.05, 4.69) is 0 Å². The summed E-state index contributed by atoms with van der Waals surface area (Å²) in [6.07, 6.45) is 3.43. The predicted octanol–water partition coefficient (Wildman–Crippen LogP) is 4.66. The van der Waals surface area contributed by atoms with Crippen LogP contribution in [0.15, 0.2) is 84.9 Å². The minimum atomic E-state index is -0.0367. The molecule has 0 atom stereocenters. The first-order valence-corrected chi connectivity index (χ1v) is 9.22. The Morgan fingerprint density at radius 2 is 1.43 bits per heavy atom. The molecular weight excluding hydrogens is 350 g/mol. The second kappa shape index (κ2) is 8.44. The monoisotopic (exact) mass is 371 g/mol. The average molecular weight is 371 g/mol. The Morgan fingerprint density at radius 3 is 2.07 bits per heavy atom. The number of amides is 1. The largest absolute Gasteiger partial charge is 0.454 e. The summed E-state index contributed by atoms with van der Waals surface area (Å²) in [4.78, 5) is 14.8. The maximum Gasteiger partial charge on any atom is 0.247 e. The van der Waals surface area contributed by atoms with E-state index in [1.165, 1.54) is 0 Å². The van der Waals surface area contributed by atoms with Crippen LogP contribution in [0.25, 0.3) is 6.08 Å². The summed E-state index contributed by atoms with van der Waals surface area (Å²) in [6.45, 7) is 1.35. The van der Waals surface area contributed by atoms with Gasteiger partial charge in [-0.05, 0) is 34.9 Å². The van der Waals surface area contributed by atoms with Gasteiger partial charge in [-0.25, -0.2) is 0 Å². The summed E-state index contributed by atoms with van der Waals surface area (Å²) in [5.74, 6) is 1.41. The molecule has 3 aromatic rings. The topological polar surface area (TPSA) is 38.8 Å². The minimum absolute atomic E-state index is 0.0367. The lowest BCUT2D eigenvalue weighted by atomic mass is 10.1. The Labute approximate surface area is 164 Å². The molecule has 1 aliphatic rings. The zero-order valence-electron chi connectivity index (χ0n) is 15.5. The molecule has 4 nitrogen and oxygen atoms in total. The maximum atomic E-state index is 12.9. The van der Waals surface area contributed by atoms with Crippen molar-refractivity contribution in [3.05, 3.63) is 102 Å². The van der Waals surface area contributed by atoms with Gasteiger partial charge in [0.2, 0.25) is 12.7 Å². The summed E-state index contributed by atoms with van der Waals surface area (Å²) >= 11 is 0. The fraction of sp³-hybridized carbons (Fsp3) is 0.125. The molecule has 0 aliphatic carbocycles. The van der Waals surface area contributed by atoms with E-state index in [0.29, 0.717) is 18.8 Å². The average Bonchev–Trinajstić information content (AvgIpc) is 3.21. The van der Waals surface area contributed by atoms with Crippen LogP contribution in [0.3, 0.4) is 0 Å². The van der Waals surface area contributed by atoms with Crippen molar-refractivity contribution in [2.24, 2.45) is 0 Å². The molecule has 1 amide bonds. The molecule has 0 radical (unpaired) electrons. The third kappa shape index (κ3) is 4.41. The van der Waals surface area contributed by atoms with Gasteiger partial charge in [-0.3, -0.25) is 4.79 Å². The van der Waals surface area contributed by atoms with E-state index in [4.69, 9.17) is 9.47 Å². The zero-order chi connectivity index (χ0) is 19.2. The van der Waals surface area contributed by atoms with Crippen molar-refractivity contribution in [3.63, 3.8) is 0 Å². The van der Waals surface area contributed by atoms with Gasteiger partial charge in [0.05, 0.1) is 0 Å². The van der Waals surface area contributed by atoms with Crippen molar-refractivity contribution in [2.45, 2.75) is 13.1 Å². The summed E-state index contributed by atoms with van der Waals surface area (Å²) < 4.78 is 10.7. The number of rotatable bonds is 6. The molecule has 0 saturated heterocycles. The van der Waals surface area contributed by atoms with Crippen LogP contribution >= 0.6 is 0 Å². The normalized spacial score (nSPS) is 12.3. The molecule has 1 heterocycles. The van der Waals surface area contributed by atoms with Gasteiger partial charge in [0, 0.05) is 19.2 Å². The summed E-state index contributed by atoms with van der Waals surface area (Å²) in [5.41, 5.74) is 3.10. The Hall–Kier alpha value is -3.53. The molecule has 140 valence electrons. The summed E-state index contributed by atoms with van der Waals surface area (Å²) in [6, 6.07) is 25.7. The van der Waals surface area contributed by atoms with Gasteiger partial charge in [0.1, 0.15) is 0 Å². The van der Waals surface area contributed by atoms with Crippen molar-refractivity contribution in [2.75, 3.05) is 6.79 Å². The lowest BCUT2D eigenvalue weighted by Crippen LogP contribution is -2.28. The Bertz CT molecular complexity index is 926. The van der Waals surface area contributed by atoms with E-state index in [9.17, 15) is 4.79 Å². The van der Waals surface area contributed by atoms with Gasteiger partial charge in [-0.1, -0.05) is 66.7 Å². The Morgan fingerprint density at radius 1 is 0.821 bits per heavy atom. The van der Waals surface area contributed by atoms with Crippen LogP contribution in [0.2, 0.25) is 0 Å². The van der Waals surface area contributed by atoms with Gasteiger partial charge in [-0.2, -0.15) is 0 Å². The molecular formula is C24H21NO3. The second-order valence-corrected chi connectivity index (χ2v) is 6.61. The fourth-order valence-electron chi connectivity index (χ4n) is 3.11. The molecule has 0 fully saturated rings. The van der Waals surface area contributed by atoms with Crippen molar-refractivity contribution in [3.8, 4) is 11.5 Å². The van der Waals surface area contributed by atoms with Crippen LogP contribution in [0, 0.1) is 0 Å². The summed E-state index contributed by atoms with van der Waals surface area (Å²) in [7, 11) is 0. The number of fused-ring (bicyclic) bond motifs is 1. The van der Waals surface area contributed by atoms with E-state index < -0.39 is 0 Å². The first kappa shape index (κ1) is 17.9. The lowest BCUT2D eigenvalue weighted by molar-refractivity contribution is -0.127. The van der Waals surface area contributed by atoms with Crippen molar-refractivity contribution in [1.82, 2.24) is 4.90 Å². The van der Waals surface area contributed by atoms with E-state index in [1.807, 2.05) is 89.8 Å². The highest BCUT2D eigenvalue weighted by Gasteiger charge is 2.14. The number of hydrogen-bond acceptors (Lipinski definition) is 3. The van der Waals surface area contributed by atoms with E-state index in [-0.39, 0.29) is 12.7 Å². The lowest BCUT2D eigenvalue weighted by Gasteiger charge is -2.21. The standard InChI is InChI=1S/C24H21NO3/c26-24(14-12-19-11-13-22-23(15-19)28-18-27-22)25(16-20-7-3-1-4-8-20)17-21-9-5-2-6-10-21/h1-15H,16-18H2. The van der Waals surface area contributed by atoms with Crippen molar-refractivity contribution in [1.29, 1.82) is 0 Å².